The van der Waals surface area contributed by atoms with Crippen molar-refractivity contribution in [1.29, 1.82) is 0 Å². The predicted molar refractivity (Wildman–Crippen MR) is 91.4 cm³/mol. The van der Waals surface area contributed by atoms with Crippen LogP contribution in [0.5, 0.6) is 0 Å². The highest BCUT2D eigenvalue weighted by atomic mass is 32.1. The van der Waals surface area contributed by atoms with Gasteiger partial charge in [-0.1, -0.05) is 22.7 Å². The van der Waals surface area contributed by atoms with E-state index in [0.29, 0.717) is 15.4 Å². The number of nitrogens with zero attached hydrogens (tertiary/aromatic N) is 2. The van der Waals surface area contributed by atoms with Crippen LogP contribution in [0.25, 0.3) is 6.08 Å². The van der Waals surface area contributed by atoms with Crippen molar-refractivity contribution >= 4 is 50.8 Å². The second-order valence-electron chi connectivity index (χ2n) is 4.41. The minimum atomic E-state index is -0.489. The van der Waals surface area contributed by atoms with Gasteiger partial charge in [0.05, 0.1) is 17.2 Å². The summed E-state index contributed by atoms with van der Waals surface area (Å²) in [5, 5.41) is 13.4. The van der Waals surface area contributed by atoms with E-state index in [0.717, 1.165) is 22.7 Å². The zero-order valence-corrected chi connectivity index (χ0v) is 14.4. The number of ether oxygens (including phenoxy) is 1. The molecular weight excluding hydrogens is 354 g/mol. The van der Waals surface area contributed by atoms with Crippen LogP contribution >= 0.6 is 22.7 Å². The molecule has 2 heterocycles. The standard InChI is InChI=1S/C14H13N3O5S2/c1-3-22-13(19)12-8(2)15-14(24-12)16-10(18)6-4-9-5-7-11(23-9)17(20)21/h4-7H,3H2,1-2H3,(H,15,16,18)/b6-4+. The summed E-state index contributed by atoms with van der Waals surface area (Å²) < 4.78 is 4.91. The third-order valence-corrected chi connectivity index (χ3v) is 4.73. The van der Waals surface area contributed by atoms with Crippen LogP contribution in [0.15, 0.2) is 18.2 Å². The first-order chi connectivity index (χ1) is 11.4. The molecule has 126 valence electrons. The molecule has 1 N–H and O–H groups in total. The summed E-state index contributed by atoms with van der Waals surface area (Å²) in [4.78, 5) is 38.7. The molecule has 1 amide bonds. The molecule has 0 saturated heterocycles. The lowest BCUT2D eigenvalue weighted by molar-refractivity contribution is -0.380. The van der Waals surface area contributed by atoms with Crippen LogP contribution < -0.4 is 5.32 Å². The first kappa shape index (κ1) is 17.8. The lowest BCUT2D eigenvalue weighted by Gasteiger charge is -1.97. The van der Waals surface area contributed by atoms with Gasteiger partial charge in [-0.05, 0) is 26.0 Å². The van der Waals surface area contributed by atoms with Crippen molar-refractivity contribution < 1.29 is 19.2 Å². The van der Waals surface area contributed by atoms with Crippen molar-refractivity contribution in [2.45, 2.75) is 13.8 Å². The van der Waals surface area contributed by atoms with Gasteiger partial charge in [-0.25, -0.2) is 9.78 Å². The Morgan fingerprint density at radius 1 is 1.42 bits per heavy atom. The molecule has 2 aromatic rings. The van der Waals surface area contributed by atoms with Crippen molar-refractivity contribution in [3.63, 3.8) is 0 Å². The van der Waals surface area contributed by atoms with Gasteiger partial charge in [0, 0.05) is 17.0 Å². The van der Waals surface area contributed by atoms with Crippen molar-refractivity contribution in [1.82, 2.24) is 4.98 Å². The van der Waals surface area contributed by atoms with Gasteiger partial charge in [-0.2, -0.15) is 0 Å². The van der Waals surface area contributed by atoms with Crippen LogP contribution in [-0.2, 0) is 9.53 Å². The predicted octanol–water partition coefficient (Wildman–Crippen LogP) is 3.25. The fourth-order valence-corrected chi connectivity index (χ4v) is 3.26. The van der Waals surface area contributed by atoms with E-state index in [-0.39, 0.29) is 16.7 Å². The van der Waals surface area contributed by atoms with E-state index < -0.39 is 16.8 Å². The van der Waals surface area contributed by atoms with E-state index in [1.54, 1.807) is 19.9 Å². The average Bonchev–Trinajstić information content (AvgIpc) is 3.12. The smallest absolute Gasteiger partial charge is 0.350 e. The molecular formula is C14H13N3O5S2. The molecule has 0 unspecified atom stereocenters. The summed E-state index contributed by atoms with van der Waals surface area (Å²) in [5.41, 5.74) is 0.478. The Kier molecular flexibility index (Phi) is 5.77. The summed E-state index contributed by atoms with van der Waals surface area (Å²) in [6.07, 6.45) is 2.72. The molecule has 24 heavy (non-hydrogen) atoms. The molecule has 0 aliphatic heterocycles. The summed E-state index contributed by atoms with van der Waals surface area (Å²) in [7, 11) is 0. The van der Waals surface area contributed by atoms with Crippen LogP contribution in [0.1, 0.15) is 27.2 Å². The number of hydrogen-bond donors (Lipinski definition) is 1. The Balaban J connectivity index is 2.01. The van der Waals surface area contributed by atoms with Crippen molar-refractivity contribution in [3.05, 3.63) is 43.8 Å². The Morgan fingerprint density at radius 3 is 2.79 bits per heavy atom. The first-order valence-electron chi connectivity index (χ1n) is 6.78. The number of hydrogen-bond acceptors (Lipinski definition) is 8. The maximum Gasteiger partial charge on any atom is 0.350 e. The first-order valence-corrected chi connectivity index (χ1v) is 8.41. The van der Waals surface area contributed by atoms with E-state index in [1.807, 2.05) is 0 Å². The zero-order chi connectivity index (χ0) is 17.7. The van der Waals surface area contributed by atoms with Gasteiger partial charge >= 0.3 is 11.0 Å². The van der Waals surface area contributed by atoms with Crippen LogP contribution in [-0.4, -0.2) is 28.4 Å². The normalized spacial score (nSPS) is 10.8. The van der Waals surface area contributed by atoms with Gasteiger partial charge in [0.25, 0.3) is 0 Å². The monoisotopic (exact) mass is 367 g/mol. The number of aromatic nitrogens is 1. The number of thiophene rings is 1. The Morgan fingerprint density at radius 2 is 2.17 bits per heavy atom. The molecule has 2 aromatic heterocycles. The summed E-state index contributed by atoms with van der Waals surface area (Å²) >= 11 is 1.99. The number of carbonyl (C=O) groups is 2. The molecule has 0 aliphatic rings. The summed E-state index contributed by atoms with van der Waals surface area (Å²) in [6, 6.07) is 2.93. The number of amides is 1. The van der Waals surface area contributed by atoms with Crippen molar-refractivity contribution in [2.75, 3.05) is 11.9 Å². The zero-order valence-electron chi connectivity index (χ0n) is 12.8. The van der Waals surface area contributed by atoms with E-state index >= 15 is 0 Å². The van der Waals surface area contributed by atoms with Gasteiger partial charge in [0.2, 0.25) is 5.91 Å². The van der Waals surface area contributed by atoms with Gasteiger partial charge in [-0.15, -0.1) is 0 Å². The fraction of sp³-hybridized carbons (Fsp3) is 0.214. The molecule has 10 heteroatoms. The van der Waals surface area contributed by atoms with Gasteiger partial charge in [0.1, 0.15) is 4.88 Å². The van der Waals surface area contributed by atoms with E-state index in [2.05, 4.69) is 10.3 Å². The number of aryl methyl sites for hydroxylation is 1. The SMILES string of the molecule is CCOC(=O)c1sc(NC(=O)/C=C/c2ccc([N+](=O)[O-])s2)nc1C. The quantitative estimate of drug-likeness (QED) is 0.363. The highest BCUT2D eigenvalue weighted by molar-refractivity contribution is 7.17. The highest BCUT2D eigenvalue weighted by Gasteiger charge is 2.17. The topological polar surface area (TPSA) is 111 Å². The molecule has 0 radical (unpaired) electrons. The maximum atomic E-state index is 11.9. The van der Waals surface area contributed by atoms with Gasteiger partial charge in [-0.3, -0.25) is 20.2 Å². The average molecular weight is 367 g/mol. The summed E-state index contributed by atoms with van der Waals surface area (Å²) in [5.74, 6) is -0.926. The van der Waals surface area contributed by atoms with Crippen LogP contribution in [0.4, 0.5) is 10.1 Å². The molecule has 2 rings (SSSR count). The van der Waals surface area contributed by atoms with Crippen LogP contribution in [0.2, 0.25) is 0 Å². The van der Waals surface area contributed by atoms with Gasteiger partial charge < -0.3 is 4.74 Å². The fourth-order valence-electron chi connectivity index (χ4n) is 1.67. The molecule has 0 aromatic carbocycles. The third-order valence-electron chi connectivity index (χ3n) is 2.68. The van der Waals surface area contributed by atoms with Crippen molar-refractivity contribution in [2.24, 2.45) is 0 Å². The van der Waals surface area contributed by atoms with E-state index in [1.165, 1.54) is 18.2 Å². The maximum absolute atomic E-state index is 11.9. The third kappa shape index (κ3) is 4.46. The number of nitrogens with one attached hydrogen (secondary N) is 1. The highest BCUT2D eigenvalue weighted by Crippen LogP contribution is 2.25. The second-order valence-corrected chi connectivity index (χ2v) is 6.50. The minimum absolute atomic E-state index is 0.00434. The molecule has 8 nitrogen and oxygen atoms in total. The number of esters is 1. The van der Waals surface area contributed by atoms with Crippen LogP contribution in [0.3, 0.4) is 0 Å². The molecule has 0 atom stereocenters. The number of rotatable bonds is 6. The summed E-state index contributed by atoms with van der Waals surface area (Å²) in [6.45, 7) is 3.61. The lowest BCUT2D eigenvalue weighted by Crippen LogP contribution is -2.07. The Bertz CT molecular complexity index is 809. The van der Waals surface area contributed by atoms with Crippen LogP contribution in [0, 0.1) is 17.0 Å². The number of carbonyl (C=O) groups excluding carboxylic acids is 2. The minimum Gasteiger partial charge on any atom is -0.462 e. The lowest BCUT2D eigenvalue weighted by atomic mass is 10.4. The Labute approximate surface area is 144 Å². The second kappa shape index (κ2) is 7.79. The molecule has 0 spiro atoms. The molecule has 0 saturated carbocycles. The van der Waals surface area contributed by atoms with Gasteiger partial charge in [0.15, 0.2) is 5.13 Å². The molecule has 0 bridgehead atoms. The number of anilines is 1. The molecule has 0 fully saturated rings. The van der Waals surface area contributed by atoms with E-state index in [9.17, 15) is 19.7 Å². The van der Waals surface area contributed by atoms with E-state index in [4.69, 9.17) is 4.74 Å². The Hall–Kier alpha value is -2.59. The molecule has 0 aliphatic carbocycles. The largest absolute Gasteiger partial charge is 0.462 e. The van der Waals surface area contributed by atoms with Crippen molar-refractivity contribution in [3.8, 4) is 0 Å². The number of thiazole rings is 1. The number of nitro groups is 1.